The van der Waals surface area contributed by atoms with E-state index in [0.717, 1.165) is 11.4 Å². The molecular weight excluding hydrogens is 302 g/mol. The van der Waals surface area contributed by atoms with Crippen molar-refractivity contribution in [2.75, 3.05) is 0 Å². The SMILES string of the molecule is Clc1ccc(Cc2c(-c3ccccc3)[nH]c3ccccc23)cc1. The van der Waals surface area contributed by atoms with Crippen LogP contribution in [-0.2, 0) is 6.42 Å². The monoisotopic (exact) mass is 317 g/mol. The number of halogens is 1. The highest BCUT2D eigenvalue weighted by Gasteiger charge is 2.13. The Labute approximate surface area is 140 Å². The van der Waals surface area contributed by atoms with Gasteiger partial charge in [-0.2, -0.15) is 0 Å². The van der Waals surface area contributed by atoms with Crippen molar-refractivity contribution in [2.45, 2.75) is 6.42 Å². The van der Waals surface area contributed by atoms with E-state index in [1.807, 2.05) is 18.2 Å². The van der Waals surface area contributed by atoms with Crippen molar-refractivity contribution < 1.29 is 0 Å². The molecule has 0 saturated carbocycles. The van der Waals surface area contributed by atoms with Crippen molar-refractivity contribution in [3.05, 3.63) is 95.0 Å². The minimum absolute atomic E-state index is 0.774. The first-order chi connectivity index (χ1) is 11.3. The van der Waals surface area contributed by atoms with Gasteiger partial charge in [0.1, 0.15) is 0 Å². The van der Waals surface area contributed by atoms with Gasteiger partial charge in [0, 0.05) is 22.3 Å². The molecule has 0 bridgehead atoms. The van der Waals surface area contributed by atoms with E-state index in [-0.39, 0.29) is 0 Å². The van der Waals surface area contributed by atoms with Crippen molar-refractivity contribution in [3.8, 4) is 11.3 Å². The Hall–Kier alpha value is -2.51. The summed E-state index contributed by atoms with van der Waals surface area (Å²) in [5, 5.41) is 2.05. The topological polar surface area (TPSA) is 15.8 Å². The highest BCUT2D eigenvalue weighted by Crippen LogP contribution is 2.32. The summed E-state index contributed by atoms with van der Waals surface area (Å²) in [6.07, 6.45) is 0.880. The molecule has 4 rings (SSSR count). The molecule has 0 aliphatic heterocycles. The fourth-order valence-electron chi connectivity index (χ4n) is 3.04. The molecule has 0 unspecified atom stereocenters. The Morgan fingerprint density at radius 3 is 2.22 bits per heavy atom. The van der Waals surface area contributed by atoms with Gasteiger partial charge in [0.25, 0.3) is 0 Å². The van der Waals surface area contributed by atoms with Gasteiger partial charge in [0.2, 0.25) is 0 Å². The van der Waals surface area contributed by atoms with E-state index in [1.54, 1.807) is 0 Å². The zero-order valence-corrected chi connectivity index (χ0v) is 13.3. The predicted molar refractivity (Wildman–Crippen MR) is 98.0 cm³/mol. The number of benzene rings is 3. The summed E-state index contributed by atoms with van der Waals surface area (Å²) in [5.74, 6) is 0. The van der Waals surface area contributed by atoms with Crippen LogP contribution in [0, 0.1) is 0 Å². The van der Waals surface area contributed by atoms with Crippen LogP contribution in [0.15, 0.2) is 78.9 Å². The first-order valence-corrected chi connectivity index (χ1v) is 8.08. The molecule has 0 aliphatic carbocycles. The van der Waals surface area contributed by atoms with Gasteiger partial charge in [-0.05, 0) is 34.9 Å². The van der Waals surface area contributed by atoms with E-state index in [1.165, 1.54) is 33.3 Å². The van der Waals surface area contributed by atoms with Gasteiger partial charge in [-0.15, -0.1) is 0 Å². The molecule has 23 heavy (non-hydrogen) atoms. The summed E-state index contributed by atoms with van der Waals surface area (Å²) < 4.78 is 0. The summed E-state index contributed by atoms with van der Waals surface area (Å²) in [6.45, 7) is 0. The molecule has 0 saturated heterocycles. The Bertz CT molecular complexity index is 937. The number of para-hydroxylation sites is 1. The second-order valence-corrected chi connectivity index (χ2v) is 6.13. The van der Waals surface area contributed by atoms with Gasteiger partial charge in [-0.3, -0.25) is 0 Å². The molecule has 0 radical (unpaired) electrons. The van der Waals surface area contributed by atoms with Crippen molar-refractivity contribution in [2.24, 2.45) is 0 Å². The van der Waals surface area contributed by atoms with E-state index < -0.39 is 0 Å². The van der Waals surface area contributed by atoms with E-state index in [4.69, 9.17) is 11.6 Å². The average molecular weight is 318 g/mol. The quantitative estimate of drug-likeness (QED) is 0.471. The molecular formula is C21H16ClN. The predicted octanol–water partition coefficient (Wildman–Crippen LogP) is 6.08. The minimum Gasteiger partial charge on any atom is -0.354 e. The Morgan fingerprint density at radius 1 is 0.739 bits per heavy atom. The molecule has 0 aliphatic rings. The van der Waals surface area contributed by atoms with Crippen LogP contribution in [-0.4, -0.2) is 4.98 Å². The van der Waals surface area contributed by atoms with Crippen LogP contribution in [0.3, 0.4) is 0 Å². The number of fused-ring (bicyclic) bond motifs is 1. The van der Waals surface area contributed by atoms with Gasteiger partial charge >= 0.3 is 0 Å². The van der Waals surface area contributed by atoms with Crippen LogP contribution in [0.1, 0.15) is 11.1 Å². The third-order valence-electron chi connectivity index (χ3n) is 4.17. The van der Waals surface area contributed by atoms with Crippen molar-refractivity contribution in [1.29, 1.82) is 0 Å². The number of aromatic nitrogens is 1. The summed E-state index contributed by atoms with van der Waals surface area (Å²) >= 11 is 6.01. The van der Waals surface area contributed by atoms with E-state index in [2.05, 4.69) is 65.6 Å². The van der Waals surface area contributed by atoms with E-state index >= 15 is 0 Å². The Balaban J connectivity index is 1.87. The van der Waals surface area contributed by atoms with Gasteiger partial charge in [-0.1, -0.05) is 72.3 Å². The highest BCUT2D eigenvalue weighted by atomic mass is 35.5. The Kier molecular flexibility index (Phi) is 3.64. The molecule has 1 heterocycles. The second kappa shape index (κ2) is 5.94. The molecule has 0 fully saturated rings. The van der Waals surface area contributed by atoms with Crippen LogP contribution in [0.25, 0.3) is 22.2 Å². The van der Waals surface area contributed by atoms with Crippen LogP contribution >= 0.6 is 11.6 Å². The van der Waals surface area contributed by atoms with Crippen LogP contribution < -0.4 is 0 Å². The number of H-pyrrole nitrogens is 1. The summed E-state index contributed by atoms with van der Waals surface area (Å²) in [6, 6.07) is 27.1. The lowest BCUT2D eigenvalue weighted by atomic mass is 9.98. The van der Waals surface area contributed by atoms with Crippen LogP contribution in [0.2, 0.25) is 5.02 Å². The summed E-state index contributed by atoms with van der Waals surface area (Å²) in [5.41, 5.74) is 6.18. The van der Waals surface area contributed by atoms with Gasteiger partial charge < -0.3 is 4.98 Å². The number of aromatic amines is 1. The second-order valence-electron chi connectivity index (χ2n) is 5.69. The number of hydrogen-bond donors (Lipinski definition) is 1. The maximum Gasteiger partial charge on any atom is 0.0500 e. The smallest absolute Gasteiger partial charge is 0.0500 e. The molecule has 1 aromatic heterocycles. The molecule has 1 N–H and O–H groups in total. The van der Waals surface area contributed by atoms with Crippen molar-refractivity contribution >= 4 is 22.5 Å². The normalized spacial score (nSPS) is 11.0. The van der Waals surface area contributed by atoms with Crippen LogP contribution in [0.4, 0.5) is 0 Å². The highest BCUT2D eigenvalue weighted by molar-refractivity contribution is 6.30. The zero-order chi connectivity index (χ0) is 15.6. The molecule has 1 nitrogen and oxygen atoms in total. The molecule has 0 atom stereocenters. The number of hydrogen-bond acceptors (Lipinski definition) is 0. The van der Waals surface area contributed by atoms with Gasteiger partial charge in [0.05, 0.1) is 5.69 Å². The van der Waals surface area contributed by atoms with Gasteiger partial charge in [-0.25, -0.2) is 0 Å². The molecule has 3 aromatic carbocycles. The minimum atomic E-state index is 0.774. The largest absolute Gasteiger partial charge is 0.354 e. The fourth-order valence-corrected chi connectivity index (χ4v) is 3.17. The molecule has 112 valence electrons. The molecule has 2 heteroatoms. The molecule has 0 amide bonds. The van der Waals surface area contributed by atoms with E-state index in [0.29, 0.717) is 0 Å². The standard InChI is InChI=1S/C21H16ClN/c22-17-12-10-15(11-13-17)14-19-18-8-4-5-9-20(18)23-21(19)16-6-2-1-3-7-16/h1-13,23H,14H2. The van der Waals surface area contributed by atoms with Gasteiger partial charge in [0.15, 0.2) is 0 Å². The first kappa shape index (κ1) is 14.1. The molecule has 4 aromatic rings. The third-order valence-corrected chi connectivity index (χ3v) is 4.42. The van der Waals surface area contributed by atoms with Crippen molar-refractivity contribution in [3.63, 3.8) is 0 Å². The zero-order valence-electron chi connectivity index (χ0n) is 12.6. The fraction of sp³-hybridized carbons (Fsp3) is 0.0476. The lowest BCUT2D eigenvalue weighted by Crippen LogP contribution is -1.90. The maximum absolute atomic E-state index is 6.01. The number of rotatable bonds is 3. The summed E-state index contributed by atoms with van der Waals surface area (Å²) in [4.78, 5) is 3.59. The third kappa shape index (κ3) is 2.76. The lowest BCUT2D eigenvalue weighted by molar-refractivity contribution is 1.21. The van der Waals surface area contributed by atoms with Crippen LogP contribution in [0.5, 0.6) is 0 Å². The first-order valence-electron chi connectivity index (χ1n) is 7.71. The molecule has 0 spiro atoms. The lowest BCUT2D eigenvalue weighted by Gasteiger charge is -2.06. The van der Waals surface area contributed by atoms with E-state index in [9.17, 15) is 0 Å². The maximum atomic E-state index is 6.01. The van der Waals surface area contributed by atoms with Crippen molar-refractivity contribution in [1.82, 2.24) is 4.98 Å². The average Bonchev–Trinajstić information content (AvgIpc) is 2.96. The Morgan fingerprint density at radius 2 is 1.43 bits per heavy atom. The summed E-state index contributed by atoms with van der Waals surface area (Å²) in [7, 11) is 0. The number of nitrogens with one attached hydrogen (secondary N) is 1.